The minimum atomic E-state index is -0.337. The van der Waals surface area contributed by atoms with Crippen molar-refractivity contribution in [2.75, 3.05) is 26.7 Å². The molecule has 1 saturated heterocycles. The molecule has 19 heavy (non-hydrogen) atoms. The number of halogens is 2. The predicted octanol–water partition coefficient (Wildman–Crippen LogP) is 3.30. The Labute approximate surface area is 119 Å². The van der Waals surface area contributed by atoms with Gasteiger partial charge in [-0.1, -0.05) is 17.7 Å². The van der Waals surface area contributed by atoms with Gasteiger partial charge in [0.25, 0.3) is 0 Å². The third-order valence-corrected chi connectivity index (χ3v) is 4.19. The van der Waals surface area contributed by atoms with Gasteiger partial charge in [0.2, 0.25) is 0 Å². The van der Waals surface area contributed by atoms with Crippen molar-refractivity contribution in [2.45, 2.75) is 25.8 Å². The van der Waals surface area contributed by atoms with Crippen LogP contribution in [0.1, 0.15) is 24.8 Å². The lowest BCUT2D eigenvalue weighted by Gasteiger charge is -2.32. The van der Waals surface area contributed by atoms with Gasteiger partial charge in [-0.3, -0.25) is 4.90 Å². The average molecular weight is 285 g/mol. The average Bonchev–Trinajstić information content (AvgIpc) is 2.42. The Morgan fingerprint density at radius 3 is 2.74 bits per heavy atom. The largest absolute Gasteiger partial charge is 0.320 e. The van der Waals surface area contributed by atoms with E-state index in [4.69, 9.17) is 11.6 Å². The number of nitrogens with one attached hydrogen (secondary N) is 1. The molecule has 2 rings (SSSR count). The van der Waals surface area contributed by atoms with E-state index in [2.05, 4.69) is 10.2 Å². The Morgan fingerprint density at radius 1 is 1.37 bits per heavy atom. The molecule has 1 aliphatic rings. The molecule has 0 spiro atoms. The fraction of sp³-hybridized carbons (Fsp3) is 0.600. The van der Waals surface area contributed by atoms with Gasteiger partial charge in [-0.2, -0.15) is 0 Å². The second kappa shape index (κ2) is 7.22. The molecule has 0 aliphatic carbocycles. The van der Waals surface area contributed by atoms with Gasteiger partial charge in [-0.05, 0) is 69.6 Å². The highest BCUT2D eigenvalue weighted by molar-refractivity contribution is 6.30. The maximum atomic E-state index is 13.1. The minimum Gasteiger partial charge on any atom is -0.320 e. The molecule has 1 heterocycles. The molecule has 0 aromatic heterocycles. The van der Waals surface area contributed by atoms with E-state index >= 15 is 0 Å². The number of piperidine rings is 1. The molecule has 0 saturated carbocycles. The molecular formula is C15H22ClFN2. The van der Waals surface area contributed by atoms with Crippen LogP contribution in [-0.2, 0) is 6.54 Å². The summed E-state index contributed by atoms with van der Waals surface area (Å²) >= 11 is 5.81. The van der Waals surface area contributed by atoms with Crippen molar-refractivity contribution in [3.05, 3.63) is 34.6 Å². The Hall–Kier alpha value is -0.640. The number of nitrogens with zero attached hydrogens (tertiary/aromatic N) is 1. The minimum absolute atomic E-state index is 0.224. The number of hydrogen-bond donors (Lipinski definition) is 1. The Bertz CT molecular complexity index is 403. The van der Waals surface area contributed by atoms with Gasteiger partial charge in [0, 0.05) is 6.54 Å². The van der Waals surface area contributed by atoms with E-state index in [-0.39, 0.29) is 10.8 Å². The van der Waals surface area contributed by atoms with Crippen LogP contribution in [0.4, 0.5) is 4.39 Å². The van der Waals surface area contributed by atoms with E-state index in [1.54, 1.807) is 6.07 Å². The molecule has 0 radical (unpaired) electrons. The standard InChI is InChI=1S/C15H22ClFN2/c1-18-7-4-12-5-8-19(9-6-12)11-13-2-3-15(17)14(16)10-13/h2-3,10,12,18H,4-9,11H2,1H3. The fourth-order valence-corrected chi connectivity index (χ4v) is 2.88. The van der Waals surface area contributed by atoms with Crippen molar-refractivity contribution >= 4 is 11.6 Å². The molecule has 1 aromatic carbocycles. The molecule has 1 aliphatic heterocycles. The van der Waals surface area contributed by atoms with Crippen LogP contribution in [0.3, 0.4) is 0 Å². The summed E-state index contributed by atoms with van der Waals surface area (Å²) in [5.74, 6) is 0.511. The van der Waals surface area contributed by atoms with Crippen LogP contribution in [0.15, 0.2) is 18.2 Å². The number of hydrogen-bond acceptors (Lipinski definition) is 2. The maximum absolute atomic E-state index is 13.1. The lowest BCUT2D eigenvalue weighted by Crippen LogP contribution is -2.34. The summed E-state index contributed by atoms with van der Waals surface area (Å²) in [7, 11) is 2.01. The third kappa shape index (κ3) is 4.44. The molecule has 1 N–H and O–H groups in total. The van der Waals surface area contributed by atoms with Crippen molar-refractivity contribution in [2.24, 2.45) is 5.92 Å². The summed E-state index contributed by atoms with van der Waals surface area (Å²) in [5.41, 5.74) is 1.10. The van der Waals surface area contributed by atoms with E-state index in [0.717, 1.165) is 37.7 Å². The van der Waals surface area contributed by atoms with Crippen LogP contribution in [0.25, 0.3) is 0 Å². The van der Waals surface area contributed by atoms with Crippen LogP contribution in [0.2, 0.25) is 5.02 Å². The zero-order valence-corrected chi connectivity index (χ0v) is 12.2. The SMILES string of the molecule is CNCCC1CCN(Cc2ccc(F)c(Cl)c2)CC1. The van der Waals surface area contributed by atoms with E-state index in [1.165, 1.54) is 25.3 Å². The summed E-state index contributed by atoms with van der Waals surface area (Å²) in [6, 6.07) is 5.02. The molecule has 0 amide bonds. The highest BCUT2D eigenvalue weighted by atomic mass is 35.5. The third-order valence-electron chi connectivity index (χ3n) is 3.90. The second-order valence-electron chi connectivity index (χ2n) is 5.36. The summed E-state index contributed by atoms with van der Waals surface area (Å²) in [4.78, 5) is 2.43. The lowest BCUT2D eigenvalue weighted by atomic mass is 9.93. The van der Waals surface area contributed by atoms with Crippen molar-refractivity contribution in [1.82, 2.24) is 10.2 Å². The first-order valence-electron chi connectivity index (χ1n) is 7.00. The summed E-state index contributed by atoms with van der Waals surface area (Å²) in [5, 5.41) is 3.44. The van der Waals surface area contributed by atoms with Crippen molar-refractivity contribution < 1.29 is 4.39 Å². The van der Waals surface area contributed by atoms with Gasteiger partial charge in [0.15, 0.2) is 0 Å². The van der Waals surface area contributed by atoms with Crippen LogP contribution >= 0.6 is 11.6 Å². The molecule has 4 heteroatoms. The van der Waals surface area contributed by atoms with Crippen molar-refractivity contribution in [1.29, 1.82) is 0 Å². The Balaban J connectivity index is 1.80. The molecule has 1 fully saturated rings. The molecule has 0 atom stereocenters. The number of likely N-dealkylation sites (tertiary alicyclic amines) is 1. The second-order valence-corrected chi connectivity index (χ2v) is 5.77. The lowest BCUT2D eigenvalue weighted by molar-refractivity contribution is 0.172. The van der Waals surface area contributed by atoms with Gasteiger partial charge in [0.05, 0.1) is 5.02 Å². The summed E-state index contributed by atoms with van der Waals surface area (Å²) < 4.78 is 13.1. The normalized spacial score (nSPS) is 17.8. The van der Waals surface area contributed by atoms with Crippen molar-refractivity contribution in [3.8, 4) is 0 Å². The van der Waals surface area contributed by atoms with Crippen LogP contribution in [0, 0.1) is 11.7 Å². The molecular weight excluding hydrogens is 263 g/mol. The van der Waals surface area contributed by atoms with Gasteiger partial charge >= 0.3 is 0 Å². The van der Waals surface area contributed by atoms with Crippen LogP contribution in [0.5, 0.6) is 0 Å². The van der Waals surface area contributed by atoms with E-state index in [0.29, 0.717) is 0 Å². The van der Waals surface area contributed by atoms with Crippen molar-refractivity contribution in [3.63, 3.8) is 0 Å². The summed E-state index contributed by atoms with van der Waals surface area (Å²) in [6.45, 7) is 4.24. The van der Waals surface area contributed by atoms with E-state index in [1.807, 2.05) is 13.1 Å². The molecule has 0 bridgehead atoms. The zero-order valence-electron chi connectivity index (χ0n) is 11.5. The first-order chi connectivity index (χ1) is 9.19. The summed E-state index contributed by atoms with van der Waals surface area (Å²) in [6.07, 6.45) is 3.79. The molecule has 2 nitrogen and oxygen atoms in total. The van der Waals surface area contributed by atoms with Gasteiger partial charge in [0.1, 0.15) is 5.82 Å². The molecule has 106 valence electrons. The predicted molar refractivity (Wildman–Crippen MR) is 78.0 cm³/mol. The first kappa shape index (κ1) is 14.8. The fourth-order valence-electron chi connectivity index (χ4n) is 2.68. The van der Waals surface area contributed by atoms with Crippen LogP contribution < -0.4 is 5.32 Å². The number of benzene rings is 1. The van der Waals surface area contributed by atoms with E-state index in [9.17, 15) is 4.39 Å². The number of rotatable bonds is 5. The smallest absolute Gasteiger partial charge is 0.141 e. The Kier molecular flexibility index (Phi) is 5.61. The molecule has 0 unspecified atom stereocenters. The molecule has 1 aromatic rings. The maximum Gasteiger partial charge on any atom is 0.141 e. The Morgan fingerprint density at radius 2 is 2.11 bits per heavy atom. The van der Waals surface area contributed by atoms with Gasteiger partial charge in [-0.15, -0.1) is 0 Å². The quantitative estimate of drug-likeness (QED) is 0.892. The first-order valence-corrected chi connectivity index (χ1v) is 7.37. The highest BCUT2D eigenvalue weighted by Gasteiger charge is 2.18. The zero-order chi connectivity index (χ0) is 13.7. The van der Waals surface area contributed by atoms with Gasteiger partial charge < -0.3 is 5.32 Å². The topological polar surface area (TPSA) is 15.3 Å². The van der Waals surface area contributed by atoms with E-state index < -0.39 is 0 Å². The van der Waals surface area contributed by atoms with Gasteiger partial charge in [-0.25, -0.2) is 4.39 Å². The van der Waals surface area contributed by atoms with Crippen LogP contribution in [-0.4, -0.2) is 31.6 Å². The highest BCUT2D eigenvalue weighted by Crippen LogP contribution is 2.23. The monoisotopic (exact) mass is 284 g/mol.